The van der Waals surface area contributed by atoms with Crippen LogP contribution in [0.4, 0.5) is 5.82 Å². The van der Waals surface area contributed by atoms with Gasteiger partial charge in [0.1, 0.15) is 11.7 Å². The lowest BCUT2D eigenvalue weighted by Gasteiger charge is -2.19. The zero-order valence-electron chi connectivity index (χ0n) is 19.4. The largest absolute Gasteiger partial charge is 0.382 e. The molecule has 4 unspecified atom stereocenters. The highest BCUT2D eigenvalue weighted by Gasteiger charge is 2.30. The van der Waals surface area contributed by atoms with Crippen LogP contribution in [0.5, 0.6) is 0 Å². The molecule has 1 saturated heterocycles. The third-order valence-electron chi connectivity index (χ3n) is 4.86. The van der Waals surface area contributed by atoms with Crippen LogP contribution < -0.4 is 5.73 Å². The lowest BCUT2D eigenvalue weighted by molar-refractivity contribution is -0.0141. The average molecular weight is 508 g/mol. The number of rotatable bonds is 10. The standard InChI is InChI=1S/C14H23N5O5P2S.C5H12/c1-22-26(20,21)8-25(2)23-6-9-4-5-10(24-9)19-7-16-11-12(15)17-14(27-3)18-13(11)19;1-3-5-4-2/h7,9-10H,4-6,8H2,1-3H3,(H,20,21)(H2,15,17,18);3-5H2,1-2H3. The summed E-state index contributed by atoms with van der Waals surface area (Å²) in [6, 6.07) is 0. The molecule has 1 aliphatic rings. The van der Waals surface area contributed by atoms with Gasteiger partial charge in [0.15, 0.2) is 16.6 Å². The van der Waals surface area contributed by atoms with E-state index in [1.54, 1.807) is 13.0 Å². The van der Waals surface area contributed by atoms with Crippen LogP contribution in [0.3, 0.4) is 0 Å². The molecule has 32 heavy (non-hydrogen) atoms. The molecule has 0 spiro atoms. The van der Waals surface area contributed by atoms with Crippen molar-refractivity contribution < 1.29 is 23.2 Å². The summed E-state index contributed by atoms with van der Waals surface area (Å²) in [5.41, 5.74) is 7.17. The van der Waals surface area contributed by atoms with Gasteiger partial charge in [-0.2, -0.15) is 0 Å². The lowest BCUT2D eigenvalue weighted by Crippen LogP contribution is -2.16. The second-order valence-electron chi connectivity index (χ2n) is 7.45. The molecule has 182 valence electrons. The van der Waals surface area contributed by atoms with Gasteiger partial charge in [-0.05, 0) is 25.8 Å². The summed E-state index contributed by atoms with van der Waals surface area (Å²) in [6.07, 6.45) is 8.92. The Bertz CT molecular complexity index is 900. The molecule has 13 heteroatoms. The number of ether oxygens (including phenoxy) is 1. The summed E-state index contributed by atoms with van der Waals surface area (Å²) in [4.78, 5) is 22.5. The first-order valence-corrected chi connectivity index (χ1v) is 15.5. The van der Waals surface area contributed by atoms with E-state index in [1.807, 2.05) is 10.8 Å². The Kier molecular flexibility index (Phi) is 11.3. The second-order valence-corrected chi connectivity index (χ2v) is 12.5. The zero-order valence-corrected chi connectivity index (χ0v) is 22.0. The van der Waals surface area contributed by atoms with E-state index >= 15 is 0 Å². The van der Waals surface area contributed by atoms with E-state index in [0.717, 1.165) is 12.8 Å². The molecule has 2 aromatic rings. The van der Waals surface area contributed by atoms with Gasteiger partial charge in [-0.15, -0.1) is 0 Å². The molecule has 0 aliphatic carbocycles. The maximum absolute atomic E-state index is 11.6. The van der Waals surface area contributed by atoms with Gasteiger partial charge >= 0.3 is 7.60 Å². The molecule has 4 atom stereocenters. The van der Waals surface area contributed by atoms with Crippen LogP contribution >= 0.6 is 27.5 Å². The molecule has 0 bridgehead atoms. The quantitative estimate of drug-likeness (QED) is 0.261. The number of fused-ring (bicyclic) bond motifs is 1. The summed E-state index contributed by atoms with van der Waals surface area (Å²) in [7, 11) is -3.40. The molecule has 10 nitrogen and oxygen atoms in total. The Morgan fingerprint density at radius 3 is 2.69 bits per heavy atom. The van der Waals surface area contributed by atoms with Crippen LogP contribution in [-0.2, 0) is 18.3 Å². The van der Waals surface area contributed by atoms with Crippen LogP contribution in [0.25, 0.3) is 11.2 Å². The van der Waals surface area contributed by atoms with Gasteiger partial charge in [0.05, 0.1) is 24.9 Å². The zero-order chi connectivity index (χ0) is 23.7. The maximum Gasteiger partial charge on any atom is 0.334 e. The third-order valence-corrected chi connectivity index (χ3v) is 9.59. The minimum absolute atomic E-state index is 0.00873. The fraction of sp³-hybridized carbons (Fsp3) is 0.737. The van der Waals surface area contributed by atoms with Gasteiger partial charge in [0.25, 0.3) is 0 Å². The monoisotopic (exact) mass is 507 g/mol. The second kappa shape index (κ2) is 13.2. The van der Waals surface area contributed by atoms with Crippen molar-refractivity contribution in [3.63, 3.8) is 0 Å². The molecule has 3 heterocycles. The average Bonchev–Trinajstić information content (AvgIpc) is 3.40. The van der Waals surface area contributed by atoms with E-state index in [4.69, 9.17) is 15.0 Å². The van der Waals surface area contributed by atoms with Gasteiger partial charge in [0, 0.05) is 15.3 Å². The highest BCUT2D eigenvalue weighted by molar-refractivity contribution is 7.98. The lowest BCUT2D eigenvalue weighted by atomic mass is 10.2. The molecule has 3 rings (SSSR count). The van der Waals surface area contributed by atoms with Gasteiger partial charge in [-0.3, -0.25) is 9.13 Å². The molecular weight excluding hydrogens is 472 g/mol. The molecule has 0 amide bonds. The highest BCUT2D eigenvalue weighted by Crippen LogP contribution is 2.53. The number of unbranched alkanes of at least 4 members (excludes halogenated alkanes) is 2. The summed E-state index contributed by atoms with van der Waals surface area (Å²) in [5, 5.41) is 0.586. The first-order chi connectivity index (χ1) is 15.2. The van der Waals surface area contributed by atoms with Crippen molar-refractivity contribution in [1.82, 2.24) is 19.5 Å². The number of nitrogens with two attached hydrogens (primary N) is 1. The Morgan fingerprint density at radius 1 is 1.38 bits per heavy atom. The van der Waals surface area contributed by atoms with E-state index in [1.165, 1.54) is 38.1 Å². The van der Waals surface area contributed by atoms with E-state index in [-0.39, 0.29) is 18.2 Å². The number of aromatic nitrogens is 4. The molecule has 0 aromatic carbocycles. The van der Waals surface area contributed by atoms with Crippen LogP contribution in [-0.4, -0.2) is 63.1 Å². The number of hydrogen-bond donors (Lipinski definition) is 2. The van der Waals surface area contributed by atoms with Crippen molar-refractivity contribution in [3.8, 4) is 0 Å². The molecule has 1 fully saturated rings. The van der Waals surface area contributed by atoms with E-state index < -0.39 is 15.7 Å². The molecule has 2 aromatic heterocycles. The third kappa shape index (κ3) is 7.90. The molecule has 3 N–H and O–H groups in total. The van der Waals surface area contributed by atoms with Crippen molar-refractivity contribution in [1.29, 1.82) is 0 Å². The van der Waals surface area contributed by atoms with Crippen molar-refractivity contribution in [3.05, 3.63) is 6.33 Å². The summed E-state index contributed by atoms with van der Waals surface area (Å²) in [5.74, 6) is 0.360. The van der Waals surface area contributed by atoms with Gasteiger partial charge in [-0.25, -0.2) is 15.0 Å². The molecule has 1 aliphatic heterocycles. The topological polar surface area (TPSA) is 135 Å². The number of hydrogen-bond acceptors (Lipinski definition) is 9. The minimum Gasteiger partial charge on any atom is -0.382 e. The Morgan fingerprint density at radius 2 is 2.09 bits per heavy atom. The predicted octanol–water partition coefficient (Wildman–Crippen LogP) is 4.84. The Balaban J connectivity index is 0.000000654. The number of anilines is 1. The fourth-order valence-electron chi connectivity index (χ4n) is 3.15. The van der Waals surface area contributed by atoms with Crippen molar-refractivity contribution >= 4 is 44.5 Å². The highest BCUT2D eigenvalue weighted by atomic mass is 32.2. The molecule has 0 radical (unpaired) electrons. The number of nitrogen functional groups attached to an aromatic ring is 1. The first kappa shape index (κ1) is 27.4. The van der Waals surface area contributed by atoms with Crippen LogP contribution in [0, 0.1) is 0 Å². The summed E-state index contributed by atoms with van der Waals surface area (Å²) in [6.45, 7) is 6.59. The van der Waals surface area contributed by atoms with Crippen molar-refractivity contribution in [2.24, 2.45) is 0 Å². The fourth-order valence-corrected chi connectivity index (χ4v) is 6.74. The van der Waals surface area contributed by atoms with E-state index in [2.05, 4.69) is 33.3 Å². The molecule has 0 saturated carbocycles. The van der Waals surface area contributed by atoms with E-state index in [9.17, 15) is 9.46 Å². The minimum atomic E-state index is -3.56. The van der Waals surface area contributed by atoms with Crippen LogP contribution in [0.2, 0.25) is 0 Å². The number of nitrogens with zero attached hydrogens (tertiary/aromatic N) is 4. The van der Waals surface area contributed by atoms with Gasteiger partial charge < -0.3 is 24.4 Å². The van der Waals surface area contributed by atoms with Gasteiger partial charge in [-0.1, -0.05) is 44.9 Å². The predicted molar refractivity (Wildman–Crippen MR) is 130 cm³/mol. The smallest absolute Gasteiger partial charge is 0.334 e. The normalized spacial score (nSPS) is 21.2. The maximum atomic E-state index is 11.6. The SMILES string of the molecule is CCCCC.COP(=O)(O)CP(C)OCC1CCC(n2cnc3c(N)nc(SC)nc32)O1. The van der Waals surface area contributed by atoms with Gasteiger partial charge in [0.2, 0.25) is 0 Å². The van der Waals surface area contributed by atoms with Crippen molar-refractivity contribution in [2.45, 2.75) is 63.4 Å². The van der Waals surface area contributed by atoms with Crippen LogP contribution in [0.1, 0.15) is 52.2 Å². The van der Waals surface area contributed by atoms with Crippen molar-refractivity contribution in [2.75, 3.05) is 38.3 Å². The summed E-state index contributed by atoms with van der Waals surface area (Å²) < 4.78 is 29.9. The number of imidazole rings is 1. The Labute approximate surface area is 195 Å². The summed E-state index contributed by atoms with van der Waals surface area (Å²) >= 11 is 1.42. The molecular formula is C19H35N5O5P2S. The first-order valence-electron chi connectivity index (χ1n) is 10.7. The Hall–Kier alpha value is -0.800. The van der Waals surface area contributed by atoms with E-state index in [0.29, 0.717) is 28.7 Å². The number of thioether (sulfide) groups is 1. The van der Waals surface area contributed by atoms with Crippen LogP contribution in [0.15, 0.2) is 11.5 Å².